The van der Waals surface area contributed by atoms with Crippen LogP contribution in [0.1, 0.15) is 55.9 Å². The fourth-order valence-electron chi connectivity index (χ4n) is 3.27. The average molecular weight is 347 g/mol. The maximum Gasteiger partial charge on any atom is 0.251 e. The SMILES string of the molecule is Cc1cc(-c2nnc(CCC(=O)NCC3(O)CCCCC3)o2)c(C)o1. The van der Waals surface area contributed by atoms with Gasteiger partial charge < -0.3 is 19.3 Å². The molecule has 1 amide bonds. The molecule has 2 aromatic rings. The Bertz CT molecular complexity index is 729. The highest BCUT2D eigenvalue weighted by molar-refractivity contribution is 5.76. The Balaban J connectivity index is 1.48. The minimum absolute atomic E-state index is 0.117. The molecule has 2 N–H and O–H groups in total. The van der Waals surface area contributed by atoms with Crippen molar-refractivity contribution >= 4 is 5.91 Å². The highest BCUT2D eigenvalue weighted by Gasteiger charge is 2.29. The van der Waals surface area contributed by atoms with Crippen LogP contribution in [0.4, 0.5) is 0 Å². The molecule has 0 radical (unpaired) electrons. The summed E-state index contributed by atoms with van der Waals surface area (Å²) in [6.45, 7) is 4.02. The van der Waals surface area contributed by atoms with Crippen molar-refractivity contribution < 1.29 is 18.7 Å². The summed E-state index contributed by atoms with van der Waals surface area (Å²) in [6, 6.07) is 1.85. The lowest BCUT2D eigenvalue weighted by Crippen LogP contribution is -2.44. The van der Waals surface area contributed by atoms with Gasteiger partial charge in [-0.2, -0.15) is 0 Å². The number of nitrogens with one attached hydrogen (secondary N) is 1. The number of nitrogens with zero attached hydrogens (tertiary/aromatic N) is 2. The smallest absolute Gasteiger partial charge is 0.251 e. The van der Waals surface area contributed by atoms with Gasteiger partial charge in [-0.25, -0.2) is 0 Å². The first-order chi connectivity index (χ1) is 12.0. The maximum atomic E-state index is 12.0. The molecule has 136 valence electrons. The van der Waals surface area contributed by atoms with Gasteiger partial charge in [-0.05, 0) is 32.8 Å². The van der Waals surface area contributed by atoms with Gasteiger partial charge in [0.15, 0.2) is 0 Å². The van der Waals surface area contributed by atoms with E-state index in [4.69, 9.17) is 8.83 Å². The molecule has 3 rings (SSSR count). The van der Waals surface area contributed by atoms with Gasteiger partial charge in [0.1, 0.15) is 11.5 Å². The second kappa shape index (κ2) is 7.39. The number of carbonyl (C=O) groups excluding carboxylic acids is 1. The van der Waals surface area contributed by atoms with E-state index in [0.29, 0.717) is 24.7 Å². The molecule has 7 nitrogen and oxygen atoms in total. The number of aromatic nitrogens is 2. The molecule has 1 fully saturated rings. The van der Waals surface area contributed by atoms with E-state index >= 15 is 0 Å². The number of hydrogen-bond donors (Lipinski definition) is 2. The summed E-state index contributed by atoms with van der Waals surface area (Å²) in [5.74, 6) is 2.22. The normalized spacial score (nSPS) is 16.8. The summed E-state index contributed by atoms with van der Waals surface area (Å²) in [5, 5.41) is 21.2. The molecule has 0 saturated heterocycles. The van der Waals surface area contributed by atoms with E-state index in [2.05, 4.69) is 15.5 Å². The van der Waals surface area contributed by atoms with Crippen LogP contribution in [-0.4, -0.2) is 33.4 Å². The van der Waals surface area contributed by atoms with E-state index in [1.807, 2.05) is 19.9 Å². The zero-order valence-corrected chi connectivity index (χ0v) is 14.8. The van der Waals surface area contributed by atoms with Crippen LogP contribution in [0.2, 0.25) is 0 Å². The number of aliphatic hydroxyl groups is 1. The van der Waals surface area contributed by atoms with Crippen molar-refractivity contribution in [2.24, 2.45) is 0 Å². The summed E-state index contributed by atoms with van der Waals surface area (Å²) >= 11 is 0. The van der Waals surface area contributed by atoms with E-state index in [9.17, 15) is 9.90 Å². The molecule has 1 aliphatic carbocycles. The largest absolute Gasteiger partial charge is 0.466 e. The number of amides is 1. The highest BCUT2D eigenvalue weighted by Crippen LogP contribution is 2.27. The molecule has 0 spiro atoms. The Morgan fingerprint density at radius 3 is 2.68 bits per heavy atom. The molecule has 0 atom stereocenters. The average Bonchev–Trinajstić information content (AvgIpc) is 3.18. The number of carbonyl (C=O) groups is 1. The van der Waals surface area contributed by atoms with Crippen LogP contribution in [0.5, 0.6) is 0 Å². The van der Waals surface area contributed by atoms with Crippen LogP contribution in [-0.2, 0) is 11.2 Å². The van der Waals surface area contributed by atoms with Crippen LogP contribution in [0.15, 0.2) is 14.9 Å². The maximum absolute atomic E-state index is 12.0. The van der Waals surface area contributed by atoms with Crippen LogP contribution in [0.25, 0.3) is 11.5 Å². The van der Waals surface area contributed by atoms with Crippen LogP contribution >= 0.6 is 0 Å². The first kappa shape index (κ1) is 17.7. The minimum Gasteiger partial charge on any atom is -0.466 e. The Morgan fingerprint density at radius 1 is 1.24 bits per heavy atom. The topological polar surface area (TPSA) is 101 Å². The van der Waals surface area contributed by atoms with Crippen LogP contribution in [0, 0.1) is 13.8 Å². The number of furan rings is 1. The van der Waals surface area contributed by atoms with Crippen molar-refractivity contribution in [2.75, 3.05) is 6.54 Å². The van der Waals surface area contributed by atoms with E-state index in [1.165, 1.54) is 0 Å². The summed E-state index contributed by atoms with van der Waals surface area (Å²) in [4.78, 5) is 12.0. The third kappa shape index (κ3) is 4.48. The van der Waals surface area contributed by atoms with Gasteiger partial charge in [0.05, 0.1) is 11.2 Å². The fraction of sp³-hybridized carbons (Fsp3) is 0.611. The standard InChI is InChI=1S/C18H25N3O4/c1-12-10-14(13(2)24-12)17-21-20-16(25-17)7-6-15(22)19-11-18(23)8-4-3-5-9-18/h10,23H,3-9,11H2,1-2H3,(H,19,22). The molecule has 25 heavy (non-hydrogen) atoms. The lowest BCUT2D eigenvalue weighted by Gasteiger charge is -2.32. The van der Waals surface area contributed by atoms with Gasteiger partial charge in [-0.3, -0.25) is 4.79 Å². The number of hydrogen-bond acceptors (Lipinski definition) is 6. The summed E-state index contributed by atoms with van der Waals surface area (Å²) in [5.41, 5.74) is 0.0302. The second-order valence-corrected chi connectivity index (χ2v) is 6.89. The lowest BCUT2D eigenvalue weighted by molar-refractivity contribution is -0.122. The monoisotopic (exact) mass is 347 g/mol. The Morgan fingerprint density at radius 2 is 2.00 bits per heavy atom. The molecule has 2 aromatic heterocycles. The zero-order chi connectivity index (χ0) is 17.9. The molecule has 0 unspecified atom stereocenters. The molecule has 0 bridgehead atoms. The first-order valence-corrected chi connectivity index (χ1v) is 8.84. The van der Waals surface area contributed by atoms with Gasteiger partial charge in [0, 0.05) is 19.4 Å². The number of aryl methyl sites for hydroxylation is 3. The van der Waals surface area contributed by atoms with Gasteiger partial charge in [0.2, 0.25) is 11.8 Å². The Labute approximate surface area is 146 Å². The molecule has 7 heteroatoms. The molecule has 0 aliphatic heterocycles. The molecule has 1 aliphatic rings. The van der Waals surface area contributed by atoms with E-state index < -0.39 is 5.60 Å². The van der Waals surface area contributed by atoms with Gasteiger partial charge in [0.25, 0.3) is 5.89 Å². The van der Waals surface area contributed by atoms with Crippen molar-refractivity contribution in [3.8, 4) is 11.5 Å². The van der Waals surface area contributed by atoms with Crippen molar-refractivity contribution in [1.29, 1.82) is 0 Å². The quantitative estimate of drug-likeness (QED) is 0.833. The minimum atomic E-state index is -0.748. The molecular weight excluding hydrogens is 322 g/mol. The van der Waals surface area contributed by atoms with Crippen LogP contribution in [0.3, 0.4) is 0 Å². The van der Waals surface area contributed by atoms with Crippen LogP contribution < -0.4 is 5.32 Å². The summed E-state index contributed by atoms with van der Waals surface area (Å²) < 4.78 is 11.1. The third-order valence-electron chi connectivity index (χ3n) is 4.70. The Kier molecular flexibility index (Phi) is 5.22. The molecule has 2 heterocycles. The number of rotatable bonds is 6. The van der Waals surface area contributed by atoms with E-state index in [0.717, 1.165) is 49.2 Å². The second-order valence-electron chi connectivity index (χ2n) is 6.89. The van der Waals surface area contributed by atoms with E-state index in [1.54, 1.807) is 0 Å². The highest BCUT2D eigenvalue weighted by atomic mass is 16.4. The lowest BCUT2D eigenvalue weighted by atomic mass is 9.85. The molecule has 0 aromatic carbocycles. The summed E-state index contributed by atoms with van der Waals surface area (Å²) in [7, 11) is 0. The van der Waals surface area contributed by atoms with E-state index in [-0.39, 0.29) is 12.3 Å². The first-order valence-electron chi connectivity index (χ1n) is 8.84. The van der Waals surface area contributed by atoms with Crippen molar-refractivity contribution in [1.82, 2.24) is 15.5 Å². The fourth-order valence-corrected chi connectivity index (χ4v) is 3.27. The third-order valence-corrected chi connectivity index (χ3v) is 4.70. The summed E-state index contributed by atoms with van der Waals surface area (Å²) in [6.07, 6.45) is 5.32. The van der Waals surface area contributed by atoms with Gasteiger partial charge in [-0.15, -0.1) is 10.2 Å². The molecular formula is C18H25N3O4. The predicted molar refractivity (Wildman–Crippen MR) is 90.8 cm³/mol. The van der Waals surface area contributed by atoms with Gasteiger partial charge >= 0.3 is 0 Å². The van der Waals surface area contributed by atoms with Crippen molar-refractivity contribution in [2.45, 2.75) is 64.4 Å². The predicted octanol–water partition coefficient (Wildman–Crippen LogP) is 2.69. The van der Waals surface area contributed by atoms with Crippen molar-refractivity contribution in [3.63, 3.8) is 0 Å². The van der Waals surface area contributed by atoms with Crippen molar-refractivity contribution in [3.05, 3.63) is 23.5 Å². The Hall–Kier alpha value is -2.15. The molecule has 1 saturated carbocycles. The van der Waals surface area contributed by atoms with Gasteiger partial charge in [-0.1, -0.05) is 19.3 Å². The zero-order valence-electron chi connectivity index (χ0n) is 14.8.